The second kappa shape index (κ2) is 16.9. The van der Waals surface area contributed by atoms with Gasteiger partial charge in [0.2, 0.25) is 0 Å². The highest BCUT2D eigenvalue weighted by Crippen LogP contribution is 2.60. The van der Waals surface area contributed by atoms with Gasteiger partial charge < -0.3 is 24.2 Å². The highest BCUT2D eigenvalue weighted by molar-refractivity contribution is 6.91. The first-order valence-corrected chi connectivity index (χ1v) is 25.3. The molecule has 6 aromatic carbocycles. The van der Waals surface area contributed by atoms with E-state index in [0.29, 0.717) is 53.6 Å². The summed E-state index contributed by atoms with van der Waals surface area (Å²) in [5.74, 6) is 1.16. The Bertz CT molecular complexity index is 2870. The van der Waals surface area contributed by atoms with Crippen molar-refractivity contribution in [3.05, 3.63) is 186 Å². The summed E-state index contributed by atoms with van der Waals surface area (Å²) >= 11 is 0. The van der Waals surface area contributed by atoms with Crippen molar-refractivity contribution in [2.75, 3.05) is 23.5 Å². The van der Waals surface area contributed by atoms with Crippen LogP contribution in [0.3, 0.4) is 0 Å². The number of fused-ring (bicyclic) bond motifs is 4. The van der Waals surface area contributed by atoms with E-state index in [1.807, 2.05) is 143 Å². The Morgan fingerprint density at radius 3 is 2.22 bits per heavy atom. The van der Waals surface area contributed by atoms with Crippen LogP contribution in [-0.2, 0) is 28.2 Å². The molecule has 0 bridgehead atoms. The quantitative estimate of drug-likeness (QED) is 0.121. The summed E-state index contributed by atoms with van der Waals surface area (Å²) in [6, 6.07) is 49.0. The molecule has 1 spiro atoms. The van der Waals surface area contributed by atoms with Crippen LogP contribution in [0.4, 0.5) is 17.1 Å². The molecule has 7 aromatic rings. The van der Waals surface area contributed by atoms with Gasteiger partial charge in [-0.2, -0.15) is 0 Å². The number of aliphatic hydroxyl groups is 1. The lowest BCUT2D eigenvalue weighted by atomic mass is 9.82. The minimum Gasteiger partial charge on any atom is -0.497 e. The number of anilines is 3. The molecular weight excluding hydrogens is 831 g/mol. The predicted molar refractivity (Wildman–Crippen MR) is 253 cm³/mol. The van der Waals surface area contributed by atoms with Gasteiger partial charge in [0.15, 0.2) is 11.4 Å². The zero-order chi connectivity index (χ0) is 44.9. The summed E-state index contributed by atoms with van der Waals surface area (Å²) in [6.45, 7) is 7.71. The third-order valence-electron chi connectivity index (χ3n) is 13.9. The van der Waals surface area contributed by atoms with Crippen molar-refractivity contribution in [2.24, 2.45) is 5.92 Å². The SMILES string of the molecule is COc1ccc([Si](C)(C)[C@@H]2[C@@H](CCn3cc(C(CO)c4ccccc4)nn3)O[C@]3(C(=O)N(Cc4ccc(N5C(=O)c6ccccc6Oc6ccccc65)cc4)c4ccccc43)[C@H]2C)cc1. The topological polar surface area (TPSA) is 119 Å². The minimum absolute atomic E-state index is 0.0350. The third-order valence-corrected chi connectivity index (χ3v) is 18.2. The zero-order valence-corrected chi connectivity index (χ0v) is 37.9. The van der Waals surface area contributed by atoms with Crippen molar-refractivity contribution in [3.8, 4) is 17.2 Å². The van der Waals surface area contributed by atoms with E-state index in [1.165, 1.54) is 5.19 Å². The largest absolute Gasteiger partial charge is 0.497 e. The number of nitrogens with zero attached hydrogens (tertiary/aromatic N) is 5. The molecule has 2 amide bonds. The van der Waals surface area contributed by atoms with Crippen LogP contribution >= 0.6 is 0 Å². The Labute approximate surface area is 379 Å². The summed E-state index contributed by atoms with van der Waals surface area (Å²) in [5.41, 5.74) is 4.92. The highest BCUT2D eigenvalue weighted by Gasteiger charge is 2.66. The molecule has 328 valence electrons. The Kier molecular flexibility index (Phi) is 11.0. The average Bonchev–Trinajstić information content (AvgIpc) is 3.97. The molecular formula is C53H51N5O6Si. The van der Waals surface area contributed by atoms with Crippen LogP contribution in [0.25, 0.3) is 0 Å². The molecule has 1 unspecified atom stereocenters. The van der Waals surface area contributed by atoms with Crippen LogP contribution in [-0.4, -0.2) is 59.8 Å². The summed E-state index contributed by atoms with van der Waals surface area (Å²) < 4.78 is 21.0. The van der Waals surface area contributed by atoms with Gasteiger partial charge in [0, 0.05) is 29.9 Å². The molecule has 12 heteroatoms. The first-order chi connectivity index (χ1) is 31.6. The van der Waals surface area contributed by atoms with Crippen molar-refractivity contribution in [3.63, 3.8) is 0 Å². The molecule has 1 N–H and O–H groups in total. The molecule has 1 saturated heterocycles. The van der Waals surface area contributed by atoms with Gasteiger partial charge in [0.05, 0.1) is 63.0 Å². The van der Waals surface area contributed by atoms with E-state index in [2.05, 4.69) is 48.5 Å². The van der Waals surface area contributed by atoms with E-state index in [4.69, 9.17) is 14.2 Å². The van der Waals surface area contributed by atoms with Crippen molar-refractivity contribution < 1.29 is 28.9 Å². The molecule has 1 fully saturated rings. The molecule has 11 nitrogen and oxygen atoms in total. The number of methoxy groups -OCH3 is 1. The molecule has 4 heterocycles. The van der Waals surface area contributed by atoms with Crippen LogP contribution in [0, 0.1) is 5.92 Å². The lowest BCUT2D eigenvalue weighted by Crippen LogP contribution is -2.51. The second-order valence-electron chi connectivity index (χ2n) is 17.8. The number of amides is 2. The van der Waals surface area contributed by atoms with Crippen LogP contribution in [0.2, 0.25) is 18.6 Å². The van der Waals surface area contributed by atoms with Crippen molar-refractivity contribution in [2.45, 2.75) is 62.7 Å². The number of ether oxygens (including phenoxy) is 3. The average molecular weight is 882 g/mol. The van der Waals surface area contributed by atoms with Crippen LogP contribution in [0.15, 0.2) is 158 Å². The van der Waals surface area contributed by atoms with E-state index in [-0.39, 0.29) is 41.9 Å². The summed E-state index contributed by atoms with van der Waals surface area (Å²) in [4.78, 5) is 33.2. The van der Waals surface area contributed by atoms with Crippen LogP contribution in [0.5, 0.6) is 17.2 Å². The van der Waals surface area contributed by atoms with Crippen molar-refractivity contribution in [1.29, 1.82) is 0 Å². The molecule has 10 rings (SSSR count). The number of carbonyl (C=O) groups is 2. The second-order valence-corrected chi connectivity index (χ2v) is 22.5. The van der Waals surface area contributed by atoms with Gasteiger partial charge in [-0.1, -0.05) is 127 Å². The van der Waals surface area contributed by atoms with Gasteiger partial charge in [0.1, 0.15) is 11.5 Å². The van der Waals surface area contributed by atoms with E-state index < -0.39 is 13.7 Å². The number of benzene rings is 6. The first-order valence-electron chi connectivity index (χ1n) is 22.2. The molecule has 1 aromatic heterocycles. The van der Waals surface area contributed by atoms with Crippen molar-refractivity contribution in [1.82, 2.24) is 15.0 Å². The summed E-state index contributed by atoms with van der Waals surface area (Å²) in [7, 11) is -0.723. The molecule has 3 aliphatic rings. The molecule has 0 radical (unpaired) electrons. The van der Waals surface area contributed by atoms with Gasteiger partial charge >= 0.3 is 0 Å². The van der Waals surface area contributed by atoms with Gasteiger partial charge in [-0.25, -0.2) is 0 Å². The molecule has 0 saturated carbocycles. The third kappa shape index (κ3) is 7.22. The summed E-state index contributed by atoms with van der Waals surface area (Å²) in [6.07, 6.45) is 2.23. The number of hydrogen-bond donors (Lipinski definition) is 1. The normalized spacial score (nSPS) is 20.5. The number of rotatable bonds is 12. The first kappa shape index (κ1) is 42.1. The lowest BCUT2D eigenvalue weighted by Gasteiger charge is -2.37. The Morgan fingerprint density at radius 1 is 0.800 bits per heavy atom. The number of carbonyl (C=O) groups excluding carboxylic acids is 2. The summed E-state index contributed by atoms with van der Waals surface area (Å²) in [5, 5.41) is 20.6. The Morgan fingerprint density at radius 2 is 1.48 bits per heavy atom. The maximum absolute atomic E-state index is 15.5. The fraction of sp³-hybridized carbons (Fsp3) is 0.245. The predicted octanol–water partition coefficient (Wildman–Crippen LogP) is 9.35. The maximum Gasteiger partial charge on any atom is 0.266 e. The fourth-order valence-corrected chi connectivity index (χ4v) is 14.6. The van der Waals surface area contributed by atoms with E-state index >= 15 is 4.79 Å². The van der Waals surface area contributed by atoms with Crippen LogP contribution in [0.1, 0.15) is 52.0 Å². The number of hydrogen-bond acceptors (Lipinski definition) is 8. The molecule has 5 atom stereocenters. The smallest absolute Gasteiger partial charge is 0.266 e. The zero-order valence-electron chi connectivity index (χ0n) is 36.9. The molecule has 65 heavy (non-hydrogen) atoms. The van der Waals surface area contributed by atoms with Gasteiger partial charge in [-0.05, 0) is 77.7 Å². The molecule has 0 aliphatic carbocycles. The molecule has 3 aliphatic heterocycles. The van der Waals surface area contributed by atoms with Gasteiger partial charge in [-0.3, -0.25) is 19.2 Å². The van der Waals surface area contributed by atoms with Gasteiger partial charge in [0.25, 0.3) is 11.8 Å². The minimum atomic E-state index is -2.40. The van der Waals surface area contributed by atoms with Gasteiger partial charge in [-0.15, -0.1) is 5.10 Å². The van der Waals surface area contributed by atoms with Crippen LogP contribution < -0.4 is 24.5 Å². The number of para-hydroxylation sites is 4. The highest BCUT2D eigenvalue weighted by atomic mass is 28.3. The Hall–Kier alpha value is -6.86. The maximum atomic E-state index is 15.5. The number of aliphatic hydroxyl groups excluding tert-OH is 1. The number of aryl methyl sites for hydroxylation is 1. The monoisotopic (exact) mass is 881 g/mol. The number of aromatic nitrogens is 3. The lowest BCUT2D eigenvalue weighted by molar-refractivity contribution is -0.146. The van der Waals surface area contributed by atoms with E-state index in [1.54, 1.807) is 18.1 Å². The fourth-order valence-electron chi connectivity index (χ4n) is 10.6. The Balaban J connectivity index is 0.963. The van der Waals surface area contributed by atoms with E-state index in [9.17, 15) is 9.90 Å². The van der Waals surface area contributed by atoms with Crippen molar-refractivity contribution >= 4 is 42.1 Å². The standard InChI is InChI=1S/C53H51N5O6Si/c1-35-50(65(3,4)40-28-26-39(62-2)27-29-40)49(30-31-56-33-44(54-55-56)42(34-59)37-14-6-5-7-15-37)64-53(35)43-17-9-10-18-45(43)57(52(53)61)32-36-22-24-38(25-23-36)58-46-19-11-13-21-48(46)63-47-20-12-8-16-41(47)51(58)60/h5-29,33,35,42,49-50,59H,30-32,34H2,1-4H3/t35-,42?,49+,50-,53+/m0/s1. The van der Waals surface area contributed by atoms with E-state index in [0.717, 1.165) is 28.1 Å².